The fourth-order valence-electron chi connectivity index (χ4n) is 5.64. The largest absolute Gasteiger partial charge is 1.00 e. The Balaban J connectivity index is 0.00000320. The molecule has 3 aliphatic heterocycles. The van der Waals surface area contributed by atoms with Gasteiger partial charge in [0.25, 0.3) is 0 Å². The van der Waals surface area contributed by atoms with Gasteiger partial charge in [0.15, 0.2) is 6.10 Å². The molecule has 3 aliphatic rings. The summed E-state index contributed by atoms with van der Waals surface area (Å²) >= 11 is 1.64. The summed E-state index contributed by atoms with van der Waals surface area (Å²) < 4.78 is 12.7. The molecular weight excluding hydrogens is 548 g/mol. The van der Waals surface area contributed by atoms with Crippen LogP contribution >= 0.6 is 11.3 Å². The Morgan fingerprint density at radius 3 is 2.59 bits per heavy atom. The average molecular weight is 584 g/mol. The molecule has 1 aromatic heterocycles. The van der Waals surface area contributed by atoms with Gasteiger partial charge in [0.2, 0.25) is 0 Å². The molecule has 2 bridgehead atoms. The zero-order valence-corrected chi connectivity index (χ0v) is 23.9. The minimum atomic E-state index is -0.262. The molecule has 6 rings (SSSR count). The number of methoxy groups -OCH3 is 1. The van der Waals surface area contributed by atoms with Crippen molar-refractivity contribution in [2.45, 2.75) is 32.4 Å². The fraction of sp³-hybridized carbons (Fsp3) is 0.367. The van der Waals surface area contributed by atoms with E-state index in [2.05, 4.69) is 47.9 Å². The lowest BCUT2D eigenvalue weighted by molar-refractivity contribution is -0.941. The van der Waals surface area contributed by atoms with Crippen molar-refractivity contribution in [2.24, 2.45) is 5.92 Å². The Morgan fingerprint density at radius 2 is 1.92 bits per heavy atom. The number of thiophene rings is 1. The average Bonchev–Trinajstić information content (AvgIpc) is 3.42. The third-order valence-electron chi connectivity index (χ3n) is 7.73. The van der Waals surface area contributed by atoms with Crippen molar-refractivity contribution in [3.05, 3.63) is 88.1 Å². The van der Waals surface area contributed by atoms with Crippen molar-refractivity contribution in [1.82, 2.24) is 0 Å². The van der Waals surface area contributed by atoms with Crippen LogP contribution in [0.1, 0.15) is 29.5 Å². The Hall–Kier alpha value is -2.61. The van der Waals surface area contributed by atoms with Crippen molar-refractivity contribution in [3.63, 3.8) is 0 Å². The second kappa shape index (κ2) is 12.3. The van der Waals surface area contributed by atoms with Crippen molar-refractivity contribution in [3.8, 4) is 5.75 Å². The number of ether oxygens (including phenoxy) is 2. The second-order valence-corrected chi connectivity index (χ2v) is 10.9. The first-order valence-electron chi connectivity index (χ1n) is 12.8. The van der Waals surface area contributed by atoms with Gasteiger partial charge in [-0.2, -0.15) is 11.3 Å². The van der Waals surface area contributed by atoms with Gasteiger partial charge in [0.1, 0.15) is 12.3 Å². The number of aryl methyl sites for hydroxylation is 1. The van der Waals surface area contributed by atoms with Crippen LogP contribution in [0.5, 0.6) is 5.75 Å². The molecule has 4 heterocycles. The van der Waals surface area contributed by atoms with Crippen LogP contribution in [0.2, 0.25) is 0 Å². The number of benzene rings is 2. The molecule has 1 atom stereocenters. The quantitative estimate of drug-likeness (QED) is 0.381. The maximum atomic E-state index is 13.6. The van der Waals surface area contributed by atoms with Gasteiger partial charge in [-0.1, -0.05) is 36.4 Å². The van der Waals surface area contributed by atoms with Crippen LogP contribution in [0, 0.1) is 12.8 Å². The summed E-state index contributed by atoms with van der Waals surface area (Å²) in [7, 11) is 1.67. The molecule has 0 radical (unpaired) electrons. The third kappa shape index (κ3) is 6.46. The maximum Gasteiger partial charge on any atom is 0.415 e. The van der Waals surface area contributed by atoms with Gasteiger partial charge >= 0.3 is 6.09 Å². The van der Waals surface area contributed by atoms with E-state index in [0.29, 0.717) is 12.5 Å². The zero-order valence-electron chi connectivity index (χ0n) is 21.5. The molecule has 3 saturated heterocycles. The van der Waals surface area contributed by atoms with E-state index in [0.717, 1.165) is 66.1 Å². The Kier molecular flexibility index (Phi) is 9.11. The molecule has 2 aromatic carbocycles. The lowest BCUT2D eigenvalue weighted by Crippen LogP contribution is -3.00. The van der Waals surface area contributed by atoms with E-state index in [1.165, 1.54) is 5.56 Å². The van der Waals surface area contributed by atoms with Crippen molar-refractivity contribution in [1.29, 1.82) is 0 Å². The van der Waals surface area contributed by atoms with E-state index in [4.69, 9.17) is 9.47 Å². The van der Waals surface area contributed by atoms with Crippen molar-refractivity contribution < 1.29 is 35.7 Å². The number of amides is 1. The summed E-state index contributed by atoms with van der Waals surface area (Å²) in [5.74, 6) is 1.27. The topological polar surface area (TPSA) is 38.8 Å². The van der Waals surface area contributed by atoms with E-state index in [1.54, 1.807) is 23.3 Å². The molecule has 5 nitrogen and oxygen atoms in total. The molecule has 37 heavy (non-hydrogen) atoms. The number of quaternary nitrogens is 1. The number of nitrogens with zero attached hydrogens (tertiary/aromatic N) is 2. The predicted molar refractivity (Wildman–Crippen MR) is 146 cm³/mol. The number of hydrogen-bond donors (Lipinski definition) is 0. The summed E-state index contributed by atoms with van der Waals surface area (Å²) in [5.41, 5.74) is 4.16. The van der Waals surface area contributed by atoms with Crippen LogP contribution in [0.3, 0.4) is 0 Å². The highest BCUT2D eigenvalue weighted by Gasteiger charge is 2.47. The third-order valence-corrected chi connectivity index (χ3v) is 8.46. The molecule has 0 unspecified atom stereocenters. The van der Waals surface area contributed by atoms with Crippen LogP contribution < -0.4 is 26.6 Å². The first kappa shape index (κ1) is 27.4. The van der Waals surface area contributed by atoms with Gasteiger partial charge in [-0.25, -0.2) is 4.79 Å². The van der Waals surface area contributed by atoms with Gasteiger partial charge < -0.3 is 30.9 Å². The molecule has 0 N–H and O–H groups in total. The minimum Gasteiger partial charge on any atom is -1.00 e. The fourth-order valence-corrected chi connectivity index (χ4v) is 6.30. The van der Waals surface area contributed by atoms with E-state index in [1.807, 2.05) is 36.6 Å². The van der Waals surface area contributed by atoms with Crippen LogP contribution in [0.4, 0.5) is 10.5 Å². The van der Waals surface area contributed by atoms with Crippen LogP contribution in [-0.2, 0) is 11.3 Å². The van der Waals surface area contributed by atoms with Gasteiger partial charge in [0, 0.05) is 24.4 Å². The number of anilines is 1. The maximum absolute atomic E-state index is 13.6. The molecule has 3 aromatic rings. The highest BCUT2D eigenvalue weighted by molar-refractivity contribution is 7.07. The number of rotatable bonds is 8. The second-order valence-electron chi connectivity index (χ2n) is 10.1. The Bertz CT molecular complexity index is 1190. The predicted octanol–water partition coefficient (Wildman–Crippen LogP) is 3.53. The monoisotopic (exact) mass is 582 g/mol. The molecule has 0 aliphatic carbocycles. The molecule has 3 fully saturated rings. The molecule has 1 amide bonds. The summed E-state index contributed by atoms with van der Waals surface area (Å²) in [5, 5.41) is 4.13. The number of piperidine rings is 3. The minimum absolute atomic E-state index is 0. The van der Waals surface area contributed by atoms with Gasteiger partial charge in [-0.05, 0) is 64.7 Å². The molecular formula is C30H35BrN2O3S. The lowest BCUT2D eigenvalue weighted by Gasteiger charge is -2.51. The zero-order chi connectivity index (χ0) is 25.0. The summed E-state index contributed by atoms with van der Waals surface area (Å²) in [6, 6.07) is 18.4. The number of carbonyl (C=O) groups excluding carboxylic acids is 1. The van der Waals surface area contributed by atoms with Crippen LogP contribution in [0.15, 0.2) is 71.4 Å². The number of fused-ring (bicyclic) bond motifs is 3. The SMILES string of the molecule is COc1ccc(N(Cc2ccsc2)C(=O)O[C@H]2C[N+]3(C/C=C/c4ccccc4)CCC2CC3)cc1C.[Br-]. The lowest BCUT2D eigenvalue weighted by atomic mass is 9.83. The number of carbonyl (C=O) groups is 1. The van der Waals surface area contributed by atoms with Crippen LogP contribution in [0.25, 0.3) is 6.08 Å². The normalized spacial score (nSPS) is 22.4. The first-order valence-corrected chi connectivity index (χ1v) is 13.7. The van der Waals surface area contributed by atoms with E-state index < -0.39 is 0 Å². The van der Waals surface area contributed by atoms with E-state index in [-0.39, 0.29) is 29.2 Å². The van der Waals surface area contributed by atoms with Crippen LogP contribution in [-0.4, -0.2) is 50.0 Å². The smallest absolute Gasteiger partial charge is 0.415 e. The van der Waals surface area contributed by atoms with Crippen molar-refractivity contribution >= 4 is 29.2 Å². The summed E-state index contributed by atoms with van der Waals surface area (Å²) in [4.78, 5) is 15.4. The van der Waals surface area contributed by atoms with Gasteiger partial charge in [0.05, 0.1) is 33.3 Å². The summed E-state index contributed by atoms with van der Waals surface area (Å²) in [6.45, 7) is 6.68. The molecule has 0 saturated carbocycles. The highest BCUT2D eigenvalue weighted by atomic mass is 79.9. The Labute approximate surface area is 234 Å². The first-order chi connectivity index (χ1) is 17.5. The molecule has 0 spiro atoms. The van der Waals surface area contributed by atoms with Gasteiger partial charge in [-0.3, -0.25) is 4.90 Å². The molecule has 7 heteroatoms. The standard InChI is InChI=1S/C30H35N2O3S.BrH/c1-23-19-27(10-11-28(23)34-2)31(20-25-14-18-36-22-25)30(33)35-29-21-32(16-12-26(29)13-17-32)15-6-9-24-7-4-3-5-8-24;/h3-11,14,18-19,22,26,29H,12-13,15-17,20-21H2,1-2H3;1H/q+1;/p-1/b9-6+;/t26?,29-,32?;/m0./s1. The van der Waals surface area contributed by atoms with Crippen molar-refractivity contribution in [2.75, 3.05) is 38.2 Å². The molecule has 196 valence electrons. The number of hydrogen-bond acceptors (Lipinski definition) is 4. The van der Waals surface area contributed by atoms with E-state index >= 15 is 0 Å². The van der Waals surface area contributed by atoms with E-state index in [9.17, 15) is 4.79 Å². The van der Waals surface area contributed by atoms with Gasteiger partial charge in [-0.15, -0.1) is 0 Å². The summed E-state index contributed by atoms with van der Waals surface area (Å²) in [6.07, 6.45) is 6.43. The highest BCUT2D eigenvalue weighted by Crippen LogP contribution is 2.36. The number of halogens is 1. The Morgan fingerprint density at radius 1 is 1.14 bits per heavy atom.